The second-order valence-electron chi connectivity index (χ2n) is 15.3. The molecule has 6 aromatic carbocycles. The molecule has 0 unspecified atom stereocenters. The van der Waals surface area contributed by atoms with E-state index in [1.165, 1.54) is 0 Å². The molecule has 3 nitrogen and oxygen atoms in total. The molecule has 0 fully saturated rings. The molecule has 1 heterocycles. The van der Waals surface area contributed by atoms with E-state index < -0.39 is 144 Å². The van der Waals surface area contributed by atoms with Crippen molar-refractivity contribution in [1.82, 2.24) is 0 Å². The van der Waals surface area contributed by atoms with Crippen LogP contribution in [-0.4, -0.2) is 17.7 Å². The van der Waals surface area contributed by atoms with Gasteiger partial charge in [-0.2, -0.15) is 4.57 Å². The predicted octanol–water partition coefficient (Wildman–Crippen LogP) is 10.6. The SMILES string of the molecule is CCCCCC(=O)c1ccc2ccccc2[n+]1CC(=O)c1ccccc1.Fc1c(F)c(F)c([B-](c2c(F)c(F)c(F)c(F)c2F)(c2c(F)c(F)c(F)c(F)c2F)c2c(F)c(F)c(F)c(F)c2F)c(F)c1F. The summed E-state index contributed by atoms with van der Waals surface area (Å²) in [5, 5.41) is 1.03. The summed E-state index contributed by atoms with van der Waals surface area (Å²) in [6.07, 6.45) is -3.69. The Kier molecular flexibility index (Phi) is 15.4. The molecule has 0 N–H and O–H groups in total. The second kappa shape index (κ2) is 20.6. The van der Waals surface area contributed by atoms with E-state index in [-0.39, 0.29) is 18.1 Å². The van der Waals surface area contributed by atoms with E-state index in [0.29, 0.717) is 17.7 Å². The summed E-state index contributed by atoms with van der Waals surface area (Å²) in [7, 11) is 0. The molecule has 0 aliphatic rings. The number of Topliss-reactive ketones (excluding diaryl/α,β-unsaturated/α-hetero) is 2. The van der Waals surface area contributed by atoms with Crippen LogP contribution in [0.5, 0.6) is 0 Å². The molecule has 7 aromatic rings. The number of benzene rings is 6. The van der Waals surface area contributed by atoms with E-state index in [9.17, 15) is 62.3 Å². The summed E-state index contributed by atoms with van der Waals surface area (Å²) in [4.78, 5) is 25.5. The van der Waals surface area contributed by atoms with Crippen molar-refractivity contribution in [3.63, 3.8) is 0 Å². The van der Waals surface area contributed by atoms with Gasteiger partial charge in [0.1, 0.15) is 52.7 Å². The summed E-state index contributed by atoms with van der Waals surface area (Å²) in [5.74, 6) is -71.3. The highest BCUT2D eigenvalue weighted by Crippen LogP contribution is 2.31. The van der Waals surface area contributed by atoms with Crippen LogP contribution in [0.1, 0.15) is 53.5 Å². The normalized spacial score (nSPS) is 11.6. The van der Waals surface area contributed by atoms with Gasteiger partial charge in [-0.05, 0) is 18.6 Å². The summed E-state index contributed by atoms with van der Waals surface area (Å²) >= 11 is 0. The van der Waals surface area contributed by atoms with Crippen LogP contribution in [0.3, 0.4) is 0 Å². The number of halogens is 20. The van der Waals surface area contributed by atoms with E-state index in [4.69, 9.17) is 0 Å². The molecule has 0 amide bonds. The first-order valence-electron chi connectivity index (χ1n) is 20.2. The fourth-order valence-corrected chi connectivity index (χ4v) is 8.07. The molecule has 0 atom stereocenters. The lowest BCUT2D eigenvalue weighted by Crippen LogP contribution is -2.81. The monoisotopic (exact) mass is 1030 g/mol. The maximum absolute atomic E-state index is 15.4. The van der Waals surface area contributed by atoms with Crippen LogP contribution in [0.25, 0.3) is 10.9 Å². The first-order valence-corrected chi connectivity index (χ1v) is 20.2. The predicted molar refractivity (Wildman–Crippen MR) is 213 cm³/mol. The molecular formula is C47H24BF20NO2. The highest BCUT2D eigenvalue weighted by Gasteiger charge is 2.52. The molecule has 372 valence electrons. The van der Waals surface area contributed by atoms with Crippen molar-refractivity contribution in [1.29, 1.82) is 0 Å². The summed E-state index contributed by atoms with van der Waals surface area (Å²) in [6.45, 7) is 2.29. The quantitative estimate of drug-likeness (QED) is 0.0233. The third kappa shape index (κ3) is 8.85. The van der Waals surface area contributed by atoms with Crippen LogP contribution in [0.2, 0.25) is 0 Å². The number of hydrogen-bond acceptors (Lipinski definition) is 2. The lowest BCUT2D eigenvalue weighted by Gasteiger charge is -2.44. The van der Waals surface area contributed by atoms with Gasteiger partial charge in [0.15, 0.2) is 69.8 Å². The van der Waals surface area contributed by atoms with Crippen molar-refractivity contribution in [2.45, 2.75) is 39.2 Å². The highest BCUT2D eigenvalue weighted by atomic mass is 19.2. The third-order valence-electron chi connectivity index (χ3n) is 11.3. The Labute approximate surface area is 385 Å². The molecular weight excluding hydrogens is 1000 g/mol. The van der Waals surface area contributed by atoms with Crippen molar-refractivity contribution in [2.75, 3.05) is 0 Å². The van der Waals surface area contributed by atoms with Crippen LogP contribution >= 0.6 is 0 Å². The van der Waals surface area contributed by atoms with E-state index >= 15 is 35.1 Å². The molecule has 71 heavy (non-hydrogen) atoms. The smallest absolute Gasteiger partial charge is 0.249 e. The van der Waals surface area contributed by atoms with Crippen LogP contribution in [-0.2, 0) is 6.54 Å². The van der Waals surface area contributed by atoms with Crippen LogP contribution in [0.15, 0.2) is 66.7 Å². The number of ketones is 2. The zero-order chi connectivity index (χ0) is 52.7. The number of pyridine rings is 1. The number of fused-ring (bicyclic) bond motifs is 1. The second-order valence-corrected chi connectivity index (χ2v) is 15.3. The average Bonchev–Trinajstić information content (AvgIpc) is 3.36. The maximum Gasteiger partial charge on any atom is 0.249 e. The van der Waals surface area contributed by atoms with E-state index in [1.54, 1.807) is 0 Å². The van der Waals surface area contributed by atoms with E-state index in [2.05, 4.69) is 6.92 Å². The number of hydrogen-bond donors (Lipinski definition) is 0. The lowest BCUT2D eigenvalue weighted by molar-refractivity contribution is -0.659. The van der Waals surface area contributed by atoms with E-state index in [0.717, 1.165) is 30.2 Å². The van der Waals surface area contributed by atoms with Crippen molar-refractivity contribution in [3.8, 4) is 0 Å². The van der Waals surface area contributed by atoms with Gasteiger partial charge in [0.05, 0.1) is 0 Å². The Balaban J connectivity index is 0.000000268. The average molecular weight is 1030 g/mol. The minimum atomic E-state index is -7.22. The van der Waals surface area contributed by atoms with Crippen LogP contribution in [0.4, 0.5) is 87.8 Å². The first kappa shape index (κ1) is 53.1. The van der Waals surface area contributed by atoms with Gasteiger partial charge in [0.25, 0.3) is 0 Å². The third-order valence-corrected chi connectivity index (χ3v) is 11.3. The Morgan fingerprint density at radius 3 is 1.06 bits per heavy atom. The van der Waals surface area contributed by atoms with Crippen LogP contribution < -0.4 is 26.4 Å². The first-order chi connectivity index (χ1) is 33.4. The Morgan fingerprint density at radius 2 is 0.704 bits per heavy atom. The minimum Gasteiger partial charge on any atom is -0.287 e. The van der Waals surface area contributed by atoms with Gasteiger partial charge in [-0.25, -0.2) is 87.8 Å². The van der Waals surface area contributed by atoms with Gasteiger partial charge in [-0.15, -0.1) is 21.9 Å². The van der Waals surface area contributed by atoms with Crippen molar-refractivity contribution < 1.29 is 102 Å². The topological polar surface area (TPSA) is 38.0 Å². The van der Waals surface area contributed by atoms with Crippen LogP contribution in [0, 0.1) is 116 Å². The van der Waals surface area contributed by atoms with Crippen molar-refractivity contribution >= 4 is 50.5 Å². The Bertz CT molecular complexity index is 2910. The van der Waals surface area contributed by atoms with Gasteiger partial charge < -0.3 is 0 Å². The summed E-state index contributed by atoms with van der Waals surface area (Å²) in [5.41, 5.74) is -12.1. The van der Waals surface area contributed by atoms with E-state index in [1.807, 2.05) is 71.3 Å². The number of carbonyl (C=O) groups is 2. The fraction of sp³-hybridized carbons (Fsp3) is 0.128. The fourth-order valence-electron chi connectivity index (χ4n) is 8.07. The number of para-hydroxylation sites is 1. The molecule has 0 radical (unpaired) electrons. The standard InChI is InChI=1S/C24BF20.C23H24NO2/c26-5-1(6(27)14(35)21(42)13(5)34)25(2-7(28)15(36)22(43)16(37)8(2)29,3-9(30)17(38)23(44)18(39)10(3)31)4-11(32)19(40)24(45)20(41)12(4)33;1-2-3-5-14-22(25)21-16-15-18-10-8-9-13-20(18)24(21)17-23(26)19-11-6-4-7-12-19/h;4,6-13,15-16H,2-3,5,14,17H2,1H3/q-1;+1. The number of nitrogens with zero attached hydrogens (tertiary/aromatic N) is 1. The Morgan fingerprint density at radius 1 is 0.380 bits per heavy atom. The molecule has 0 bridgehead atoms. The van der Waals surface area contributed by atoms with Gasteiger partial charge in [0, 0.05) is 29.5 Å². The number of aromatic nitrogens is 1. The zero-order valence-electron chi connectivity index (χ0n) is 35.3. The van der Waals surface area contributed by atoms with Crippen molar-refractivity contribution in [3.05, 3.63) is 194 Å². The Hall–Kier alpha value is -7.27. The van der Waals surface area contributed by atoms with Gasteiger partial charge in [-0.3, -0.25) is 9.59 Å². The zero-order valence-corrected chi connectivity index (χ0v) is 35.3. The molecule has 1 aromatic heterocycles. The maximum atomic E-state index is 15.4. The molecule has 0 aliphatic carbocycles. The minimum absolute atomic E-state index is 0.00885. The van der Waals surface area contributed by atoms with Gasteiger partial charge in [-0.1, -0.05) is 62.2 Å². The number of unbranched alkanes of at least 4 members (excludes halogenated alkanes) is 2. The highest BCUT2D eigenvalue weighted by molar-refractivity contribution is 7.20. The summed E-state index contributed by atoms with van der Waals surface area (Å²) in [6, 6.07) is 20.9. The summed E-state index contributed by atoms with van der Waals surface area (Å²) < 4.78 is 296. The number of carbonyl (C=O) groups excluding carboxylic acids is 2. The molecule has 0 saturated carbocycles. The van der Waals surface area contributed by atoms with Gasteiger partial charge in [0.2, 0.25) is 29.3 Å². The largest absolute Gasteiger partial charge is 0.287 e. The van der Waals surface area contributed by atoms with Gasteiger partial charge >= 0.3 is 0 Å². The molecule has 0 aliphatic heterocycles. The molecule has 0 saturated heterocycles. The van der Waals surface area contributed by atoms with Crippen molar-refractivity contribution in [2.24, 2.45) is 0 Å². The lowest BCUT2D eigenvalue weighted by atomic mass is 9.12. The molecule has 0 spiro atoms. The number of rotatable bonds is 12. The molecule has 7 rings (SSSR count). The molecule has 24 heteroatoms.